The first-order chi connectivity index (χ1) is 14.0. The molecule has 0 aromatic heterocycles. The predicted molar refractivity (Wildman–Crippen MR) is 122 cm³/mol. The molecule has 0 aliphatic heterocycles. The quantitative estimate of drug-likeness (QED) is 0.520. The van der Waals surface area contributed by atoms with Crippen molar-refractivity contribution in [1.29, 1.82) is 0 Å². The minimum atomic E-state index is -0.336. The summed E-state index contributed by atoms with van der Waals surface area (Å²) >= 11 is 11.4. The normalized spacial score (nSPS) is 10.3. The van der Waals surface area contributed by atoms with Gasteiger partial charge in [-0.3, -0.25) is 10.1 Å². The molecular weight excluding hydrogens is 404 g/mol. The highest BCUT2D eigenvalue weighted by atomic mass is 35.5. The summed E-state index contributed by atoms with van der Waals surface area (Å²) in [6, 6.07) is 22.6. The zero-order chi connectivity index (χ0) is 20.6. The zero-order valence-electron chi connectivity index (χ0n) is 15.9. The Kier molecular flexibility index (Phi) is 7.22. The van der Waals surface area contributed by atoms with Crippen molar-refractivity contribution in [3.05, 3.63) is 94.5 Å². The molecule has 3 aromatic rings. The molecule has 6 heteroatoms. The van der Waals surface area contributed by atoms with E-state index in [4.69, 9.17) is 28.6 Å². The third-order valence-electron chi connectivity index (χ3n) is 4.37. The van der Waals surface area contributed by atoms with Crippen LogP contribution in [0.2, 0.25) is 5.02 Å². The maximum atomic E-state index is 12.7. The van der Waals surface area contributed by atoms with Crippen LogP contribution < -0.4 is 15.4 Å². The molecule has 0 atom stereocenters. The van der Waals surface area contributed by atoms with Crippen molar-refractivity contribution in [2.45, 2.75) is 13.3 Å². The molecule has 29 heavy (non-hydrogen) atoms. The molecule has 0 spiro atoms. The Morgan fingerprint density at radius 1 is 1.00 bits per heavy atom. The van der Waals surface area contributed by atoms with Gasteiger partial charge >= 0.3 is 0 Å². The molecule has 0 heterocycles. The summed E-state index contributed by atoms with van der Waals surface area (Å²) in [5.41, 5.74) is 3.20. The first-order valence-electron chi connectivity index (χ1n) is 9.18. The topological polar surface area (TPSA) is 50.4 Å². The van der Waals surface area contributed by atoms with Crippen molar-refractivity contribution < 1.29 is 9.53 Å². The van der Waals surface area contributed by atoms with Gasteiger partial charge in [-0.1, -0.05) is 60.1 Å². The molecule has 3 rings (SSSR count). The lowest BCUT2D eigenvalue weighted by molar-refractivity contribution is 0.0974. The number of nitrogens with one attached hydrogen (secondary N) is 2. The number of carbonyl (C=O) groups is 1. The van der Waals surface area contributed by atoms with Gasteiger partial charge in [0.05, 0.1) is 12.2 Å². The lowest BCUT2D eigenvalue weighted by Gasteiger charge is -2.14. The number of carbonyl (C=O) groups excluding carboxylic acids is 1. The molecular formula is C23H21ClN2O2S. The molecule has 2 N–H and O–H groups in total. The number of halogens is 1. The number of para-hydroxylation sites is 1. The van der Waals surface area contributed by atoms with Crippen LogP contribution in [-0.4, -0.2) is 17.6 Å². The van der Waals surface area contributed by atoms with E-state index in [2.05, 4.69) is 10.6 Å². The van der Waals surface area contributed by atoms with E-state index in [9.17, 15) is 4.79 Å². The molecule has 0 fully saturated rings. The molecule has 148 valence electrons. The maximum absolute atomic E-state index is 12.7. The first kappa shape index (κ1) is 20.8. The van der Waals surface area contributed by atoms with Gasteiger partial charge in [0.1, 0.15) is 5.75 Å². The van der Waals surface area contributed by atoms with E-state index >= 15 is 0 Å². The van der Waals surface area contributed by atoms with E-state index in [0.29, 0.717) is 22.9 Å². The van der Waals surface area contributed by atoms with Crippen molar-refractivity contribution in [3.8, 4) is 5.75 Å². The standard InChI is InChI=1S/C23H21ClN2O2S/c1-16-19(24)11-7-12-20(16)25-23(29)26-22(27)18-10-5-6-13-21(18)28-15-14-17-8-3-2-4-9-17/h2-13H,14-15H2,1H3,(H2,25,26,27,29). The molecule has 0 radical (unpaired) electrons. The van der Waals surface area contributed by atoms with E-state index in [1.54, 1.807) is 24.3 Å². The highest BCUT2D eigenvalue weighted by Crippen LogP contribution is 2.23. The van der Waals surface area contributed by atoms with E-state index < -0.39 is 0 Å². The summed E-state index contributed by atoms with van der Waals surface area (Å²) in [5.74, 6) is 0.181. The zero-order valence-corrected chi connectivity index (χ0v) is 17.5. The van der Waals surface area contributed by atoms with Crippen LogP contribution >= 0.6 is 23.8 Å². The third kappa shape index (κ3) is 5.79. The lowest BCUT2D eigenvalue weighted by Crippen LogP contribution is -2.34. The monoisotopic (exact) mass is 424 g/mol. The summed E-state index contributed by atoms with van der Waals surface area (Å²) in [6.45, 7) is 2.35. The van der Waals surface area contributed by atoms with Crippen LogP contribution in [0.1, 0.15) is 21.5 Å². The Bertz CT molecular complexity index is 1010. The van der Waals surface area contributed by atoms with Crippen molar-refractivity contribution in [2.24, 2.45) is 0 Å². The van der Waals surface area contributed by atoms with E-state index in [1.165, 1.54) is 5.56 Å². The Labute approximate surface area is 180 Å². The number of thiocarbonyl (C=S) groups is 1. The van der Waals surface area contributed by atoms with Crippen LogP contribution in [0.4, 0.5) is 5.69 Å². The van der Waals surface area contributed by atoms with Crippen LogP contribution in [0, 0.1) is 6.92 Å². The molecule has 0 aliphatic rings. The first-order valence-corrected chi connectivity index (χ1v) is 9.96. The molecule has 1 amide bonds. The molecule has 0 unspecified atom stereocenters. The molecule has 0 saturated heterocycles. The fourth-order valence-corrected chi connectivity index (χ4v) is 3.15. The number of ether oxygens (including phenoxy) is 1. The molecule has 0 saturated carbocycles. The number of anilines is 1. The lowest BCUT2D eigenvalue weighted by atomic mass is 10.1. The van der Waals surface area contributed by atoms with E-state index in [-0.39, 0.29) is 11.0 Å². The second-order valence-corrected chi connectivity index (χ2v) is 7.22. The maximum Gasteiger partial charge on any atom is 0.261 e. The highest BCUT2D eigenvalue weighted by Gasteiger charge is 2.14. The second-order valence-electron chi connectivity index (χ2n) is 6.40. The van der Waals surface area contributed by atoms with Gasteiger partial charge in [-0.15, -0.1) is 0 Å². The Hall–Kier alpha value is -2.89. The molecule has 0 bridgehead atoms. The number of hydrogen-bond donors (Lipinski definition) is 2. The van der Waals surface area contributed by atoms with Crippen molar-refractivity contribution in [3.63, 3.8) is 0 Å². The SMILES string of the molecule is Cc1c(Cl)cccc1NC(=S)NC(=O)c1ccccc1OCCc1ccccc1. The van der Waals surface area contributed by atoms with E-state index in [0.717, 1.165) is 17.7 Å². The third-order valence-corrected chi connectivity index (χ3v) is 4.98. The summed E-state index contributed by atoms with van der Waals surface area (Å²) in [7, 11) is 0. The number of hydrogen-bond acceptors (Lipinski definition) is 3. The summed E-state index contributed by atoms with van der Waals surface area (Å²) in [6.07, 6.45) is 0.755. The van der Waals surface area contributed by atoms with Crippen LogP contribution in [0.15, 0.2) is 72.8 Å². The predicted octanol–water partition coefficient (Wildman–Crippen LogP) is 5.40. The average Bonchev–Trinajstić information content (AvgIpc) is 2.72. The average molecular weight is 425 g/mol. The smallest absolute Gasteiger partial charge is 0.261 e. The summed E-state index contributed by atoms with van der Waals surface area (Å²) in [5, 5.41) is 6.53. The van der Waals surface area contributed by atoms with Gasteiger partial charge in [0.2, 0.25) is 0 Å². The van der Waals surface area contributed by atoms with Crippen LogP contribution in [0.5, 0.6) is 5.75 Å². The molecule has 3 aromatic carbocycles. The number of amides is 1. The fourth-order valence-electron chi connectivity index (χ4n) is 2.77. The van der Waals surface area contributed by atoms with Gasteiger partial charge in [0.15, 0.2) is 5.11 Å². The van der Waals surface area contributed by atoms with E-state index in [1.807, 2.05) is 55.5 Å². The minimum absolute atomic E-state index is 0.194. The van der Waals surface area contributed by atoms with Gasteiger partial charge in [0.25, 0.3) is 5.91 Å². The fraction of sp³-hybridized carbons (Fsp3) is 0.130. The van der Waals surface area contributed by atoms with Gasteiger partial charge < -0.3 is 10.1 Å². The van der Waals surface area contributed by atoms with Crippen LogP contribution in [-0.2, 0) is 6.42 Å². The Morgan fingerprint density at radius 2 is 1.72 bits per heavy atom. The van der Waals surface area contributed by atoms with Gasteiger partial charge in [-0.25, -0.2) is 0 Å². The Balaban J connectivity index is 1.61. The highest BCUT2D eigenvalue weighted by molar-refractivity contribution is 7.80. The number of benzene rings is 3. The van der Waals surface area contributed by atoms with Gasteiger partial charge in [-0.2, -0.15) is 0 Å². The van der Waals surface area contributed by atoms with Crippen molar-refractivity contribution in [2.75, 3.05) is 11.9 Å². The number of rotatable bonds is 6. The molecule has 4 nitrogen and oxygen atoms in total. The Morgan fingerprint density at radius 3 is 2.52 bits per heavy atom. The van der Waals surface area contributed by atoms with Crippen LogP contribution in [0.3, 0.4) is 0 Å². The second kappa shape index (κ2) is 10.0. The van der Waals surface area contributed by atoms with Gasteiger partial charge in [-0.05, 0) is 54.5 Å². The van der Waals surface area contributed by atoms with Crippen molar-refractivity contribution >= 4 is 40.5 Å². The summed E-state index contributed by atoms with van der Waals surface area (Å²) < 4.78 is 5.85. The minimum Gasteiger partial charge on any atom is -0.492 e. The molecule has 0 aliphatic carbocycles. The van der Waals surface area contributed by atoms with Crippen molar-refractivity contribution in [1.82, 2.24) is 5.32 Å². The largest absolute Gasteiger partial charge is 0.492 e. The van der Waals surface area contributed by atoms with Gasteiger partial charge in [0, 0.05) is 17.1 Å². The van der Waals surface area contributed by atoms with Crippen LogP contribution in [0.25, 0.3) is 0 Å². The summed E-state index contributed by atoms with van der Waals surface area (Å²) in [4.78, 5) is 12.7.